The zero-order chi connectivity index (χ0) is 13.8. The summed E-state index contributed by atoms with van der Waals surface area (Å²) in [4.78, 5) is 22.9. The van der Waals surface area contributed by atoms with Crippen LogP contribution in [0.4, 0.5) is 4.79 Å². The van der Waals surface area contributed by atoms with E-state index in [1.165, 1.54) is 0 Å². The lowest BCUT2D eigenvalue weighted by atomic mass is 9.85. The van der Waals surface area contributed by atoms with Crippen LogP contribution in [-0.2, 0) is 9.53 Å². The predicted octanol–water partition coefficient (Wildman–Crippen LogP) is 0.964. The summed E-state index contributed by atoms with van der Waals surface area (Å²) in [6.07, 6.45) is 2.06. The Morgan fingerprint density at radius 3 is 2.78 bits per heavy atom. The molecule has 3 unspecified atom stereocenters. The summed E-state index contributed by atoms with van der Waals surface area (Å²) in [6.45, 7) is 3.93. The third-order valence-corrected chi connectivity index (χ3v) is 3.70. The third kappa shape index (κ3) is 3.35. The van der Waals surface area contributed by atoms with E-state index in [2.05, 4.69) is 10.6 Å². The molecule has 6 nitrogen and oxygen atoms in total. The molecule has 3 atom stereocenters. The summed E-state index contributed by atoms with van der Waals surface area (Å²) >= 11 is 0. The lowest BCUT2D eigenvalue weighted by Crippen LogP contribution is -2.51. The van der Waals surface area contributed by atoms with Crippen LogP contribution in [0.25, 0.3) is 0 Å². The number of amides is 2. The maximum atomic E-state index is 11.7. The molecule has 0 heterocycles. The number of ether oxygens (including phenoxy) is 1. The zero-order valence-corrected chi connectivity index (χ0v) is 11.2. The van der Waals surface area contributed by atoms with Crippen molar-refractivity contribution in [2.24, 2.45) is 5.41 Å². The van der Waals surface area contributed by atoms with E-state index in [0.29, 0.717) is 19.4 Å². The number of urea groups is 1. The number of carbonyl (C=O) groups is 2. The van der Waals surface area contributed by atoms with E-state index in [1.807, 2.05) is 6.92 Å². The highest BCUT2D eigenvalue weighted by molar-refractivity contribution is 5.79. The van der Waals surface area contributed by atoms with E-state index in [9.17, 15) is 14.7 Å². The molecule has 1 saturated carbocycles. The van der Waals surface area contributed by atoms with Gasteiger partial charge in [0.25, 0.3) is 0 Å². The van der Waals surface area contributed by atoms with Crippen LogP contribution in [0.3, 0.4) is 0 Å². The number of hydrogen-bond acceptors (Lipinski definition) is 3. The predicted molar refractivity (Wildman–Crippen MR) is 66.4 cm³/mol. The number of methoxy groups -OCH3 is 1. The van der Waals surface area contributed by atoms with E-state index < -0.39 is 11.4 Å². The van der Waals surface area contributed by atoms with Crippen LogP contribution in [0.15, 0.2) is 0 Å². The number of carboxylic acids is 1. The van der Waals surface area contributed by atoms with Crippen LogP contribution in [0.2, 0.25) is 0 Å². The van der Waals surface area contributed by atoms with Crippen LogP contribution in [0.1, 0.15) is 33.1 Å². The Kier molecular flexibility index (Phi) is 4.95. The first-order chi connectivity index (χ1) is 8.40. The van der Waals surface area contributed by atoms with Crippen molar-refractivity contribution in [3.63, 3.8) is 0 Å². The molecule has 6 heteroatoms. The maximum Gasteiger partial charge on any atom is 0.315 e. The average Bonchev–Trinajstić information content (AvgIpc) is 2.69. The lowest BCUT2D eigenvalue weighted by molar-refractivity contribution is -0.148. The summed E-state index contributed by atoms with van der Waals surface area (Å²) in [7, 11) is 1.57. The van der Waals surface area contributed by atoms with E-state index in [0.717, 1.165) is 6.42 Å². The number of carboxylic acid groups (broad SMARTS) is 1. The van der Waals surface area contributed by atoms with Gasteiger partial charge in [-0.1, -0.05) is 6.42 Å². The quantitative estimate of drug-likeness (QED) is 0.685. The minimum Gasteiger partial charge on any atom is -0.481 e. The van der Waals surface area contributed by atoms with E-state index >= 15 is 0 Å². The van der Waals surface area contributed by atoms with Gasteiger partial charge in [-0.05, 0) is 26.7 Å². The van der Waals surface area contributed by atoms with Gasteiger partial charge in [0.05, 0.1) is 11.5 Å². The van der Waals surface area contributed by atoms with Gasteiger partial charge in [-0.2, -0.15) is 0 Å². The highest BCUT2D eigenvalue weighted by Crippen LogP contribution is 2.38. The van der Waals surface area contributed by atoms with Crippen molar-refractivity contribution in [3.8, 4) is 0 Å². The van der Waals surface area contributed by atoms with Crippen molar-refractivity contribution in [3.05, 3.63) is 0 Å². The van der Waals surface area contributed by atoms with Gasteiger partial charge in [-0.25, -0.2) is 4.79 Å². The summed E-state index contributed by atoms with van der Waals surface area (Å²) in [5.41, 5.74) is -0.857. The molecule has 1 aliphatic rings. The molecule has 3 N–H and O–H groups in total. The van der Waals surface area contributed by atoms with Crippen LogP contribution >= 0.6 is 0 Å². The van der Waals surface area contributed by atoms with E-state index in [1.54, 1.807) is 14.0 Å². The van der Waals surface area contributed by atoms with Gasteiger partial charge < -0.3 is 20.5 Å². The fraction of sp³-hybridized carbons (Fsp3) is 0.833. The molecular formula is C12H22N2O4. The average molecular weight is 258 g/mol. The number of aliphatic carboxylic acids is 1. The van der Waals surface area contributed by atoms with Crippen molar-refractivity contribution in [1.29, 1.82) is 0 Å². The van der Waals surface area contributed by atoms with E-state index in [4.69, 9.17) is 4.74 Å². The Morgan fingerprint density at radius 1 is 1.56 bits per heavy atom. The van der Waals surface area contributed by atoms with Gasteiger partial charge in [0.1, 0.15) is 0 Å². The summed E-state index contributed by atoms with van der Waals surface area (Å²) < 4.78 is 5.01. The second-order valence-electron chi connectivity index (χ2n) is 5.07. The first kappa shape index (κ1) is 14.8. The molecule has 0 saturated heterocycles. The monoisotopic (exact) mass is 258 g/mol. The maximum absolute atomic E-state index is 11.7. The highest BCUT2D eigenvalue weighted by Gasteiger charge is 2.45. The van der Waals surface area contributed by atoms with Gasteiger partial charge in [-0.3, -0.25) is 4.79 Å². The van der Waals surface area contributed by atoms with Crippen molar-refractivity contribution >= 4 is 12.0 Å². The molecule has 0 aromatic heterocycles. The number of rotatable bonds is 5. The molecule has 0 aromatic rings. The molecule has 104 valence electrons. The smallest absolute Gasteiger partial charge is 0.315 e. The number of nitrogens with one attached hydrogen (secondary N) is 2. The Labute approximate surface area is 107 Å². The molecule has 0 aromatic carbocycles. The second kappa shape index (κ2) is 6.04. The Morgan fingerprint density at radius 2 is 2.22 bits per heavy atom. The van der Waals surface area contributed by atoms with Gasteiger partial charge in [0, 0.05) is 19.7 Å². The standard InChI is InChI=1S/C12H22N2O4/c1-8(18-3)7-13-11(17)14-9-5-4-6-12(9,2)10(15)16/h8-9H,4-7H2,1-3H3,(H,15,16)(H2,13,14,17). The van der Waals surface area contributed by atoms with Gasteiger partial charge in [0.2, 0.25) is 0 Å². The number of hydrogen-bond donors (Lipinski definition) is 3. The largest absolute Gasteiger partial charge is 0.481 e. The summed E-state index contributed by atoms with van der Waals surface area (Å²) in [6, 6.07) is -0.647. The number of carbonyl (C=O) groups excluding carboxylic acids is 1. The van der Waals surface area contributed by atoms with Crippen LogP contribution < -0.4 is 10.6 Å². The van der Waals surface area contributed by atoms with Crippen LogP contribution in [-0.4, -0.2) is 42.9 Å². The van der Waals surface area contributed by atoms with Gasteiger partial charge in [0.15, 0.2) is 0 Å². The SMILES string of the molecule is COC(C)CNC(=O)NC1CCCC1(C)C(=O)O. The molecule has 0 aliphatic heterocycles. The molecule has 2 amide bonds. The molecule has 0 radical (unpaired) electrons. The molecule has 1 fully saturated rings. The van der Waals surface area contributed by atoms with Crippen LogP contribution in [0.5, 0.6) is 0 Å². The minimum atomic E-state index is -0.857. The molecule has 0 bridgehead atoms. The van der Waals surface area contributed by atoms with Crippen molar-refractivity contribution in [2.75, 3.05) is 13.7 Å². The minimum absolute atomic E-state index is 0.0646. The first-order valence-corrected chi connectivity index (χ1v) is 6.20. The van der Waals surface area contributed by atoms with Gasteiger partial charge >= 0.3 is 12.0 Å². The highest BCUT2D eigenvalue weighted by atomic mass is 16.5. The fourth-order valence-corrected chi connectivity index (χ4v) is 2.18. The normalized spacial score (nSPS) is 28.7. The third-order valence-electron chi connectivity index (χ3n) is 3.70. The molecule has 1 aliphatic carbocycles. The Hall–Kier alpha value is -1.30. The van der Waals surface area contributed by atoms with E-state index in [-0.39, 0.29) is 18.2 Å². The molecule has 18 heavy (non-hydrogen) atoms. The van der Waals surface area contributed by atoms with Gasteiger partial charge in [-0.15, -0.1) is 0 Å². The first-order valence-electron chi connectivity index (χ1n) is 6.20. The van der Waals surface area contributed by atoms with Crippen LogP contribution in [0, 0.1) is 5.41 Å². The Bertz CT molecular complexity index is 321. The summed E-state index contributed by atoms with van der Waals surface area (Å²) in [5.74, 6) is -0.851. The topological polar surface area (TPSA) is 87.7 Å². The molecular weight excluding hydrogens is 236 g/mol. The fourth-order valence-electron chi connectivity index (χ4n) is 2.18. The van der Waals surface area contributed by atoms with Crippen molar-refractivity contribution < 1.29 is 19.4 Å². The summed E-state index contributed by atoms with van der Waals surface area (Å²) in [5, 5.41) is 14.6. The van der Waals surface area contributed by atoms with Crippen molar-refractivity contribution in [1.82, 2.24) is 10.6 Å². The Balaban J connectivity index is 2.46. The molecule has 0 spiro atoms. The van der Waals surface area contributed by atoms with Crippen molar-refractivity contribution in [2.45, 2.75) is 45.3 Å². The zero-order valence-electron chi connectivity index (χ0n) is 11.2. The second-order valence-corrected chi connectivity index (χ2v) is 5.07. The molecule has 1 rings (SSSR count). The lowest BCUT2D eigenvalue weighted by Gasteiger charge is -2.27.